The molecule has 0 saturated heterocycles. The fourth-order valence-electron chi connectivity index (χ4n) is 2.28. The van der Waals surface area contributed by atoms with Gasteiger partial charge < -0.3 is 5.73 Å². The average Bonchev–Trinajstić information content (AvgIpc) is 2.27. The summed E-state index contributed by atoms with van der Waals surface area (Å²) in [6.07, 6.45) is 1.14. The zero-order valence-electron chi connectivity index (χ0n) is 11.4. The van der Waals surface area contributed by atoms with Crippen LogP contribution in [0.4, 0.5) is 5.69 Å². The molecule has 0 spiro atoms. The lowest BCUT2D eigenvalue weighted by Gasteiger charge is -2.08. The van der Waals surface area contributed by atoms with Crippen molar-refractivity contribution in [3.05, 3.63) is 53.6 Å². The third kappa shape index (κ3) is 3.13. The largest absolute Gasteiger partial charge is 0.399 e. The molecular weight excluding hydrogens is 218 g/mol. The summed E-state index contributed by atoms with van der Waals surface area (Å²) >= 11 is 0. The van der Waals surface area contributed by atoms with E-state index < -0.39 is 0 Å². The van der Waals surface area contributed by atoms with Gasteiger partial charge >= 0.3 is 0 Å². The SMILES string of the molecule is Cc1cc(N)cc(-c2ccc(CC(C)C)cc2)c1. The third-order valence-electron chi connectivity index (χ3n) is 3.03. The van der Waals surface area contributed by atoms with Crippen LogP contribution in [-0.2, 0) is 6.42 Å². The van der Waals surface area contributed by atoms with Crippen LogP contribution in [0.1, 0.15) is 25.0 Å². The molecule has 0 heterocycles. The van der Waals surface area contributed by atoms with Gasteiger partial charge in [-0.1, -0.05) is 44.2 Å². The van der Waals surface area contributed by atoms with Gasteiger partial charge in [0, 0.05) is 5.69 Å². The van der Waals surface area contributed by atoms with E-state index in [2.05, 4.69) is 51.1 Å². The Morgan fingerprint density at radius 2 is 1.61 bits per heavy atom. The molecular formula is C17H21N. The van der Waals surface area contributed by atoms with Crippen LogP contribution in [0.3, 0.4) is 0 Å². The maximum Gasteiger partial charge on any atom is 0.0322 e. The van der Waals surface area contributed by atoms with Crippen LogP contribution in [0.2, 0.25) is 0 Å². The first kappa shape index (κ1) is 12.7. The Morgan fingerprint density at radius 1 is 0.944 bits per heavy atom. The Labute approximate surface area is 110 Å². The molecule has 2 rings (SSSR count). The van der Waals surface area contributed by atoms with Crippen LogP contribution in [0.15, 0.2) is 42.5 Å². The van der Waals surface area contributed by atoms with E-state index in [-0.39, 0.29) is 0 Å². The molecule has 0 aliphatic rings. The molecule has 0 aliphatic carbocycles. The molecule has 0 unspecified atom stereocenters. The molecule has 0 bridgehead atoms. The van der Waals surface area contributed by atoms with Crippen molar-refractivity contribution in [1.82, 2.24) is 0 Å². The number of hydrogen-bond acceptors (Lipinski definition) is 1. The lowest BCUT2D eigenvalue weighted by Crippen LogP contribution is -1.93. The van der Waals surface area contributed by atoms with Crippen molar-refractivity contribution >= 4 is 5.69 Å². The van der Waals surface area contributed by atoms with Gasteiger partial charge in [-0.25, -0.2) is 0 Å². The zero-order valence-corrected chi connectivity index (χ0v) is 11.4. The quantitative estimate of drug-likeness (QED) is 0.787. The maximum atomic E-state index is 5.89. The van der Waals surface area contributed by atoms with Crippen molar-refractivity contribution < 1.29 is 0 Å². The van der Waals surface area contributed by atoms with E-state index in [9.17, 15) is 0 Å². The molecule has 0 amide bonds. The van der Waals surface area contributed by atoms with Gasteiger partial charge in [-0.05, 0) is 53.6 Å². The molecule has 2 aromatic carbocycles. The number of benzene rings is 2. The van der Waals surface area contributed by atoms with Gasteiger partial charge in [-0.3, -0.25) is 0 Å². The van der Waals surface area contributed by atoms with Gasteiger partial charge in [0.1, 0.15) is 0 Å². The van der Waals surface area contributed by atoms with Crippen molar-refractivity contribution in [1.29, 1.82) is 0 Å². The van der Waals surface area contributed by atoms with E-state index in [4.69, 9.17) is 5.73 Å². The fraction of sp³-hybridized carbons (Fsp3) is 0.294. The van der Waals surface area contributed by atoms with E-state index in [0.717, 1.165) is 12.1 Å². The van der Waals surface area contributed by atoms with E-state index in [1.165, 1.54) is 22.3 Å². The zero-order chi connectivity index (χ0) is 13.1. The number of rotatable bonds is 3. The second-order valence-corrected chi connectivity index (χ2v) is 5.43. The molecule has 2 aromatic rings. The van der Waals surface area contributed by atoms with Gasteiger partial charge in [0.05, 0.1) is 0 Å². The maximum absolute atomic E-state index is 5.89. The highest BCUT2D eigenvalue weighted by atomic mass is 14.5. The van der Waals surface area contributed by atoms with Crippen molar-refractivity contribution in [3.8, 4) is 11.1 Å². The number of aryl methyl sites for hydroxylation is 1. The minimum atomic E-state index is 0.700. The van der Waals surface area contributed by atoms with Gasteiger partial charge in [-0.15, -0.1) is 0 Å². The van der Waals surface area contributed by atoms with Gasteiger partial charge in [0.15, 0.2) is 0 Å². The van der Waals surface area contributed by atoms with Crippen molar-refractivity contribution in [2.45, 2.75) is 27.2 Å². The van der Waals surface area contributed by atoms with Gasteiger partial charge in [0.25, 0.3) is 0 Å². The molecule has 0 aliphatic heterocycles. The standard InChI is InChI=1S/C17H21N/c1-12(2)8-14-4-6-15(7-5-14)16-9-13(3)10-17(18)11-16/h4-7,9-12H,8,18H2,1-3H3. The van der Waals surface area contributed by atoms with E-state index in [0.29, 0.717) is 5.92 Å². The minimum Gasteiger partial charge on any atom is -0.399 e. The predicted octanol–water partition coefficient (Wildman–Crippen LogP) is 4.44. The first-order chi connectivity index (χ1) is 8.54. The van der Waals surface area contributed by atoms with Crippen LogP contribution in [0.25, 0.3) is 11.1 Å². The highest BCUT2D eigenvalue weighted by Gasteiger charge is 2.02. The fourth-order valence-corrected chi connectivity index (χ4v) is 2.28. The Kier molecular flexibility index (Phi) is 3.71. The van der Waals surface area contributed by atoms with Crippen LogP contribution < -0.4 is 5.73 Å². The Balaban J connectivity index is 2.28. The summed E-state index contributed by atoms with van der Waals surface area (Å²) in [5.41, 5.74) is 11.8. The first-order valence-corrected chi connectivity index (χ1v) is 6.51. The van der Waals surface area contributed by atoms with E-state index >= 15 is 0 Å². The van der Waals surface area contributed by atoms with Gasteiger partial charge in [0.2, 0.25) is 0 Å². The lowest BCUT2D eigenvalue weighted by atomic mass is 9.98. The molecule has 0 aromatic heterocycles. The lowest BCUT2D eigenvalue weighted by molar-refractivity contribution is 0.647. The number of anilines is 1. The third-order valence-corrected chi connectivity index (χ3v) is 3.03. The first-order valence-electron chi connectivity index (χ1n) is 6.51. The molecule has 18 heavy (non-hydrogen) atoms. The molecule has 1 heteroatoms. The van der Waals surface area contributed by atoms with Gasteiger partial charge in [-0.2, -0.15) is 0 Å². The Morgan fingerprint density at radius 3 is 2.17 bits per heavy atom. The minimum absolute atomic E-state index is 0.700. The molecule has 0 atom stereocenters. The summed E-state index contributed by atoms with van der Waals surface area (Å²) in [4.78, 5) is 0. The highest BCUT2D eigenvalue weighted by Crippen LogP contribution is 2.24. The summed E-state index contributed by atoms with van der Waals surface area (Å²) in [6, 6.07) is 15.0. The van der Waals surface area contributed by atoms with Crippen LogP contribution in [0, 0.1) is 12.8 Å². The topological polar surface area (TPSA) is 26.0 Å². The molecule has 2 N–H and O–H groups in total. The average molecular weight is 239 g/mol. The molecule has 94 valence electrons. The second-order valence-electron chi connectivity index (χ2n) is 5.43. The predicted molar refractivity (Wildman–Crippen MR) is 79.6 cm³/mol. The van der Waals surface area contributed by atoms with Crippen LogP contribution in [-0.4, -0.2) is 0 Å². The van der Waals surface area contributed by atoms with Crippen LogP contribution >= 0.6 is 0 Å². The summed E-state index contributed by atoms with van der Waals surface area (Å²) < 4.78 is 0. The summed E-state index contributed by atoms with van der Waals surface area (Å²) in [7, 11) is 0. The van der Waals surface area contributed by atoms with Crippen LogP contribution in [0.5, 0.6) is 0 Å². The van der Waals surface area contributed by atoms with Crippen molar-refractivity contribution in [3.63, 3.8) is 0 Å². The van der Waals surface area contributed by atoms with Crippen molar-refractivity contribution in [2.75, 3.05) is 5.73 Å². The molecule has 1 nitrogen and oxygen atoms in total. The molecule has 0 saturated carbocycles. The number of nitrogen functional groups attached to an aromatic ring is 1. The Bertz CT molecular complexity index is 504. The summed E-state index contributed by atoms with van der Waals surface area (Å²) in [6.45, 7) is 6.57. The van der Waals surface area contributed by atoms with E-state index in [1.807, 2.05) is 12.1 Å². The normalized spacial score (nSPS) is 10.9. The monoisotopic (exact) mass is 239 g/mol. The summed E-state index contributed by atoms with van der Waals surface area (Å²) in [5, 5.41) is 0. The number of nitrogens with two attached hydrogens (primary N) is 1. The number of hydrogen-bond donors (Lipinski definition) is 1. The molecule has 0 radical (unpaired) electrons. The highest BCUT2D eigenvalue weighted by molar-refractivity contribution is 5.68. The smallest absolute Gasteiger partial charge is 0.0322 e. The van der Waals surface area contributed by atoms with Crippen molar-refractivity contribution in [2.24, 2.45) is 5.92 Å². The molecule has 0 fully saturated rings. The Hall–Kier alpha value is -1.76. The second kappa shape index (κ2) is 5.26. The summed E-state index contributed by atoms with van der Waals surface area (Å²) in [5.74, 6) is 0.700. The van der Waals surface area contributed by atoms with E-state index in [1.54, 1.807) is 0 Å².